The summed E-state index contributed by atoms with van der Waals surface area (Å²) in [7, 11) is 0. The van der Waals surface area contributed by atoms with Gasteiger partial charge in [0.05, 0.1) is 23.7 Å². The number of carbonyl (C=O) groups excluding carboxylic acids is 4. The lowest BCUT2D eigenvalue weighted by Gasteiger charge is -2.32. The molecule has 3 rings (SSSR count). The zero-order valence-electron chi connectivity index (χ0n) is 23.4. The van der Waals surface area contributed by atoms with Gasteiger partial charge in [0.1, 0.15) is 5.60 Å². The lowest BCUT2D eigenvalue weighted by molar-refractivity contribution is -0.322. The van der Waals surface area contributed by atoms with E-state index in [9.17, 15) is 19.2 Å². The Hall–Kier alpha value is -2.00. The molecule has 8 atom stereocenters. The van der Waals surface area contributed by atoms with Crippen LogP contribution >= 0.6 is 0 Å². The van der Waals surface area contributed by atoms with E-state index in [2.05, 4.69) is 16.7 Å². The van der Waals surface area contributed by atoms with Crippen LogP contribution in [0.15, 0.2) is 0 Å². The van der Waals surface area contributed by atoms with Crippen molar-refractivity contribution in [2.24, 2.45) is 47.3 Å². The summed E-state index contributed by atoms with van der Waals surface area (Å²) in [5, 5.41) is 7.79. The predicted molar refractivity (Wildman–Crippen MR) is 159 cm³/mol. The molecular weight excluding hydrogens is 516 g/mol. The van der Waals surface area contributed by atoms with Gasteiger partial charge in [-0.1, -0.05) is 71.2 Å². The van der Waals surface area contributed by atoms with Crippen LogP contribution in [-0.4, -0.2) is 34.7 Å². The van der Waals surface area contributed by atoms with Crippen molar-refractivity contribution in [1.82, 2.24) is 0 Å². The maximum Gasteiger partial charge on any atom is 0.345 e. The van der Waals surface area contributed by atoms with Crippen molar-refractivity contribution < 1.29 is 43.8 Å². The van der Waals surface area contributed by atoms with Gasteiger partial charge in [0.25, 0.3) is 0 Å². The fourth-order valence-corrected chi connectivity index (χ4v) is 5.02. The van der Waals surface area contributed by atoms with Crippen LogP contribution in [0.4, 0.5) is 0 Å². The smallest absolute Gasteiger partial charge is 0.345 e. The highest BCUT2D eigenvalue weighted by atomic mass is 17.2. The number of fused-ring (bicyclic) bond motifs is 2. The summed E-state index contributed by atoms with van der Waals surface area (Å²) in [5.74, 6) is 0.324. The maximum absolute atomic E-state index is 11.8. The van der Waals surface area contributed by atoms with Gasteiger partial charge in [-0.25, -0.2) is 9.59 Å². The van der Waals surface area contributed by atoms with Crippen molar-refractivity contribution >= 4 is 23.9 Å². The Morgan fingerprint density at radius 1 is 0.900 bits per heavy atom. The molecule has 0 spiro atoms. The lowest BCUT2D eigenvalue weighted by Crippen LogP contribution is -2.33. The molecule has 9 heteroatoms. The van der Waals surface area contributed by atoms with Crippen LogP contribution in [-0.2, 0) is 38.6 Å². The van der Waals surface area contributed by atoms with Gasteiger partial charge < -0.3 is 9.62 Å². The average Bonchev–Trinajstić information content (AvgIpc) is 3.50. The SMILES string of the molecule is C.C.C.C.CC1C(=O)OC(=O)C1C1C2CCC(C2)C1C.CCC(C)C(=O)OO.CCC(C)C(=O)OOC(C)(C)C. The normalized spacial score (nSPS) is 27.2. The first-order chi connectivity index (χ1) is 16.7. The molecule has 0 aromatic rings. The summed E-state index contributed by atoms with van der Waals surface area (Å²) in [6.07, 6.45) is 5.28. The van der Waals surface area contributed by atoms with Gasteiger partial charge in [-0.05, 0) is 76.5 Å². The fourth-order valence-electron chi connectivity index (χ4n) is 5.02. The largest absolute Gasteiger partial charge is 0.393 e. The molecule has 2 saturated carbocycles. The van der Waals surface area contributed by atoms with Crippen molar-refractivity contribution in [1.29, 1.82) is 0 Å². The van der Waals surface area contributed by atoms with E-state index in [1.54, 1.807) is 6.92 Å². The van der Waals surface area contributed by atoms with Crippen LogP contribution < -0.4 is 0 Å². The lowest BCUT2D eigenvalue weighted by atomic mass is 9.70. The Kier molecular flexibility index (Phi) is 22.5. The Morgan fingerprint density at radius 3 is 1.70 bits per heavy atom. The Balaban J connectivity index is -0.000000245. The highest BCUT2D eigenvalue weighted by Gasteiger charge is 2.55. The van der Waals surface area contributed by atoms with E-state index in [4.69, 9.17) is 14.9 Å². The van der Waals surface area contributed by atoms with Crippen molar-refractivity contribution in [3.05, 3.63) is 0 Å². The second kappa shape index (κ2) is 20.0. The number of hydrogen-bond acceptors (Lipinski definition) is 9. The Morgan fingerprint density at radius 2 is 1.38 bits per heavy atom. The molecule has 1 N–H and O–H groups in total. The standard InChI is InChI=1S/C13H18O3.C9H18O3.C5H10O3.4CH4/c1-6-8-3-4-9(5-8)10(6)11-7(2)12(14)16-13(11)15;1-6-7(2)8(10)11-12-9(3,4)5;1-3-4(2)5(6)8-7;;;;/h6-11H,3-5H2,1-2H3;7H,6H2,1-5H3;4,7H,3H2,1-2H3;4*1H4. The summed E-state index contributed by atoms with van der Waals surface area (Å²) in [6.45, 7) is 16.9. The van der Waals surface area contributed by atoms with Gasteiger partial charge in [-0.2, -0.15) is 10.1 Å². The van der Waals surface area contributed by atoms with Crippen molar-refractivity contribution in [2.75, 3.05) is 0 Å². The van der Waals surface area contributed by atoms with E-state index in [1.807, 2.05) is 48.5 Å². The van der Waals surface area contributed by atoms with Crippen LogP contribution in [0.25, 0.3) is 0 Å². The van der Waals surface area contributed by atoms with Crippen molar-refractivity contribution in [3.63, 3.8) is 0 Å². The molecule has 1 saturated heterocycles. The zero-order valence-corrected chi connectivity index (χ0v) is 23.4. The molecule has 2 aliphatic carbocycles. The van der Waals surface area contributed by atoms with Gasteiger partial charge >= 0.3 is 23.9 Å². The number of cyclic esters (lactones) is 2. The first-order valence-corrected chi connectivity index (χ1v) is 13.2. The molecule has 2 bridgehead atoms. The van der Waals surface area contributed by atoms with Gasteiger partial charge in [0, 0.05) is 0 Å². The molecule has 1 heterocycles. The zero-order chi connectivity index (χ0) is 27.8. The predicted octanol–water partition coefficient (Wildman–Crippen LogP) is 7.90. The van der Waals surface area contributed by atoms with E-state index < -0.39 is 11.6 Å². The van der Waals surface area contributed by atoms with E-state index in [1.165, 1.54) is 19.3 Å². The summed E-state index contributed by atoms with van der Waals surface area (Å²) < 4.78 is 4.78. The summed E-state index contributed by atoms with van der Waals surface area (Å²) in [6, 6.07) is 0. The molecular formula is C31H62O9. The van der Waals surface area contributed by atoms with Crippen molar-refractivity contribution in [2.45, 2.75) is 130 Å². The third kappa shape index (κ3) is 12.7. The summed E-state index contributed by atoms with van der Waals surface area (Å²) >= 11 is 0. The van der Waals surface area contributed by atoms with Gasteiger partial charge in [-0.15, -0.1) is 0 Å². The molecule has 40 heavy (non-hydrogen) atoms. The van der Waals surface area contributed by atoms with Crippen LogP contribution in [0.2, 0.25) is 0 Å². The molecule has 0 amide bonds. The summed E-state index contributed by atoms with van der Waals surface area (Å²) in [5.41, 5.74) is -0.427. The third-order valence-corrected chi connectivity index (χ3v) is 7.70. The minimum absolute atomic E-state index is 0. The summed E-state index contributed by atoms with van der Waals surface area (Å²) in [4.78, 5) is 57.5. The molecule has 3 aliphatic rings. The third-order valence-electron chi connectivity index (χ3n) is 7.70. The monoisotopic (exact) mass is 578 g/mol. The second-order valence-corrected chi connectivity index (χ2v) is 11.5. The molecule has 0 aromatic carbocycles. The van der Waals surface area contributed by atoms with E-state index in [0.717, 1.165) is 12.3 Å². The quantitative estimate of drug-likeness (QED) is 0.145. The van der Waals surface area contributed by atoms with Crippen LogP contribution in [0.1, 0.15) is 124 Å². The Bertz CT molecular complexity index is 756. The molecule has 240 valence electrons. The fraction of sp³-hybridized carbons (Fsp3) is 0.871. The molecule has 9 nitrogen and oxygen atoms in total. The van der Waals surface area contributed by atoms with E-state index in [-0.39, 0.29) is 71.3 Å². The van der Waals surface area contributed by atoms with Crippen molar-refractivity contribution in [3.8, 4) is 0 Å². The number of hydrogen-bond donors (Lipinski definition) is 1. The highest BCUT2D eigenvalue weighted by molar-refractivity contribution is 5.96. The van der Waals surface area contributed by atoms with Gasteiger partial charge in [-0.3, -0.25) is 14.5 Å². The van der Waals surface area contributed by atoms with Crippen LogP contribution in [0, 0.1) is 47.3 Å². The number of rotatable bonds is 6. The number of esters is 2. The topological polar surface area (TPSA) is 125 Å². The molecule has 0 radical (unpaired) electrons. The molecule has 1 aliphatic heterocycles. The van der Waals surface area contributed by atoms with E-state index >= 15 is 0 Å². The first kappa shape index (κ1) is 45.0. The second-order valence-electron chi connectivity index (χ2n) is 11.5. The van der Waals surface area contributed by atoms with Crippen LogP contribution in [0.3, 0.4) is 0 Å². The van der Waals surface area contributed by atoms with Gasteiger partial charge in [0.2, 0.25) is 0 Å². The molecule has 3 fully saturated rings. The molecule has 0 aromatic heterocycles. The molecule has 8 unspecified atom stereocenters. The average molecular weight is 579 g/mol. The number of carbonyl (C=O) groups is 4. The maximum atomic E-state index is 11.8. The Labute approximate surface area is 244 Å². The highest BCUT2D eigenvalue weighted by Crippen LogP contribution is 2.56. The van der Waals surface area contributed by atoms with Gasteiger partial charge in [0.15, 0.2) is 0 Å². The minimum atomic E-state index is -0.562. The minimum Gasteiger partial charge on any atom is -0.393 e. The van der Waals surface area contributed by atoms with Crippen LogP contribution in [0.5, 0.6) is 0 Å². The first-order valence-electron chi connectivity index (χ1n) is 13.2. The number of ether oxygens (including phenoxy) is 1. The van der Waals surface area contributed by atoms with E-state index in [0.29, 0.717) is 24.2 Å².